The van der Waals surface area contributed by atoms with Gasteiger partial charge in [-0.2, -0.15) is 11.3 Å². The van der Waals surface area contributed by atoms with Gasteiger partial charge in [0.15, 0.2) is 0 Å². The van der Waals surface area contributed by atoms with Crippen molar-refractivity contribution in [2.75, 3.05) is 6.54 Å². The van der Waals surface area contributed by atoms with E-state index >= 15 is 0 Å². The Labute approximate surface area is 81.7 Å². The predicted octanol–water partition coefficient (Wildman–Crippen LogP) is 3.22. The van der Waals surface area contributed by atoms with Crippen molar-refractivity contribution in [1.82, 2.24) is 5.32 Å². The van der Waals surface area contributed by atoms with Crippen LogP contribution in [0.25, 0.3) is 0 Å². The number of halogens is 1. The SMILES string of the molecule is Clc1cscc1[C@@H]1CCCCN1. The van der Waals surface area contributed by atoms with Crippen molar-refractivity contribution in [3.8, 4) is 0 Å². The van der Waals surface area contributed by atoms with Crippen LogP contribution in [-0.4, -0.2) is 6.54 Å². The van der Waals surface area contributed by atoms with Gasteiger partial charge in [-0.05, 0) is 30.3 Å². The van der Waals surface area contributed by atoms with Crippen molar-refractivity contribution in [3.05, 3.63) is 21.3 Å². The minimum absolute atomic E-state index is 0.512. The highest BCUT2D eigenvalue weighted by Crippen LogP contribution is 2.31. The summed E-state index contributed by atoms with van der Waals surface area (Å²) in [5, 5.41) is 8.58. The maximum absolute atomic E-state index is 6.04. The zero-order valence-corrected chi connectivity index (χ0v) is 8.42. The Bertz CT molecular complexity index is 253. The van der Waals surface area contributed by atoms with Gasteiger partial charge in [0.05, 0.1) is 5.02 Å². The third-order valence-electron chi connectivity index (χ3n) is 2.33. The minimum atomic E-state index is 0.512. The summed E-state index contributed by atoms with van der Waals surface area (Å²) < 4.78 is 0. The summed E-state index contributed by atoms with van der Waals surface area (Å²) >= 11 is 7.73. The Morgan fingerprint density at radius 2 is 2.33 bits per heavy atom. The lowest BCUT2D eigenvalue weighted by Crippen LogP contribution is -2.26. The molecule has 1 N–H and O–H groups in total. The van der Waals surface area contributed by atoms with E-state index in [1.54, 1.807) is 11.3 Å². The van der Waals surface area contributed by atoms with Gasteiger partial charge in [0.2, 0.25) is 0 Å². The summed E-state index contributed by atoms with van der Waals surface area (Å²) in [7, 11) is 0. The molecule has 1 fully saturated rings. The molecule has 0 amide bonds. The van der Waals surface area contributed by atoms with Gasteiger partial charge >= 0.3 is 0 Å². The normalized spacial score (nSPS) is 24.2. The first-order valence-electron chi connectivity index (χ1n) is 4.33. The van der Waals surface area contributed by atoms with Crippen LogP contribution in [0.1, 0.15) is 30.9 Å². The van der Waals surface area contributed by atoms with Crippen LogP contribution in [0.4, 0.5) is 0 Å². The smallest absolute Gasteiger partial charge is 0.0560 e. The number of rotatable bonds is 1. The molecule has 1 aromatic rings. The summed E-state index contributed by atoms with van der Waals surface area (Å²) in [5.74, 6) is 0. The van der Waals surface area contributed by atoms with Crippen molar-refractivity contribution in [2.24, 2.45) is 0 Å². The Hall–Kier alpha value is -0.0500. The number of nitrogens with one attached hydrogen (secondary N) is 1. The molecule has 0 radical (unpaired) electrons. The molecule has 0 spiro atoms. The average molecular weight is 202 g/mol. The van der Waals surface area contributed by atoms with E-state index in [1.165, 1.54) is 24.8 Å². The molecule has 66 valence electrons. The second kappa shape index (κ2) is 3.77. The predicted molar refractivity (Wildman–Crippen MR) is 53.9 cm³/mol. The third-order valence-corrected chi connectivity index (χ3v) is 3.55. The molecule has 2 rings (SSSR count). The van der Waals surface area contributed by atoms with Gasteiger partial charge in [0, 0.05) is 11.4 Å². The van der Waals surface area contributed by atoms with Crippen molar-refractivity contribution < 1.29 is 0 Å². The fourth-order valence-electron chi connectivity index (χ4n) is 1.66. The van der Waals surface area contributed by atoms with Gasteiger partial charge in [-0.1, -0.05) is 18.0 Å². The highest BCUT2D eigenvalue weighted by molar-refractivity contribution is 7.08. The Kier molecular flexibility index (Phi) is 2.69. The Morgan fingerprint density at radius 1 is 1.42 bits per heavy atom. The van der Waals surface area contributed by atoms with E-state index in [1.807, 2.05) is 5.38 Å². The molecule has 0 saturated carbocycles. The summed E-state index contributed by atoms with van der Waals surface area (Å²) in [6.45, 7) is 1.14. The molecular weight excluding hydrogens is 190 g/mol. The molecule has 1 aromatic heterocycles. The topological polar surface area (TPSA) is 12.0 Å². The number of hydrogen-bond acceptors (Lipinski definition) is 2. The zero-order chi connectivity index (χ0) is 8.39. The average Bonchev–Trinajstić information content (AvgIpc) is 2.53. The molecule has 1 aliphatic heterocycles. The fourth-order valence-corrected chi connectivity index (χ4v) is 2.82. The summed E-state index contributed by atoms with van der Waals surface area (Å²) in [6, 6.07) is 0.512. The first-order valence-corrected chi connectivity index (χ1v) is 5.65. The second-order valence-corrected chi connectivity index (χ2v) is 4.33. The summed E-state index contributed by atoms with van der Waals surface area (Å²) in [6.07, 6.45) is 3.86. The molecule has 3 heteroatoms. The molecule has 1 nitrogen and oxygen atoms in total. The third kappa shape index (κ3) is 1.65. The molecular formula is C9H12ClNS. The number of thiophene rings is 1. The standard InChI is InChI=1S/C9H12ClNS/c10-8-6-12-5-7(8)9-3-1-2-4-11-9/h5-6,9,11H,1-4H2/t9-/m0/s1. The zero-order valence-electron chi connectivity index (χ0n) is 6.85. The van der Waals surface area contributed by atoms with Crippen LogP contribution >= 0.6 is 22.9 Å². The van der Waals surface area contributed by atoms with Crippen LogP contribution in [-0.2, 0) is 0 Å². The monoisotopic (exact) mass is 201 g/mol. The van der Waals surface area contributed by atoms with Crippen molar-refractivity contribution in [1.29, 1.82) is 0 Å². The highest BCUT2D eigenvalue weighted by atomic mass is 35.5. The van der Waals surface area contributed by atoms with E-state index in [4.69, 9.17) is 11.6 Å². The minimum Gasteiger partial charge on any atom is -0.310 e. The molecule has 0 bridgehead atoms. The van der Waals surface area contributed by atoms with E-state index in [-0.39, 0.29) is 0 Å². The second-order valence-electron chi connectivity index (χ2n) is 3.18. The molecule has 0 aliphatic carbocycles. The van der Waals surface area contributed by atoms with Crippen LogP contribution < -0.4 is 5.32 Å². The number of hydrogen-bond donors (Lipinski definition) is 1. The number of piperidine rings is 1. The van der Waals surface area contributed by atoms with E-state index < -0.39 is 0 Å². The lowest BCUT2D eigenvalue weighted by atomic mass is 10.0. The Balaban J connectivity index is 2.13. The summed E-state index contributed by atoms with van der Waals surface area (Å²) in [5.41, 5.74) is 1.29. The summed E-state index contributed by atoms with van der Waals surface area (Å²) in [4.78, 5) is 0. The van der Waals surface area contributed by atoms with Gasteiger partial charge in [0.1, 0.15) is 0 Å². The van der Waals surface area contributed by atoms with E-state index in [0.29, 0.717) is 6.04 Å². The van der Waals surface area contributed by atoms with Gasteiger partial charge < -0.3 is 5.32 Å². The molecule has 2 heterocycles. The maximum Gasteiger partial charge on any atom is 0.0560 e. The van der Waals surface area contributed by atoms with Crippen molar-refractivity contribution >= 4 is 22.9 Å². The maximum atomic E-state index is 6.04. The quantitative estimate of drug-likeness (QED) is 0.736. The van der Waals surface area contributed by atoms with Crippen molar-refractivity contribution in [3.63, 3.8) is 0 Å². The van der Waals surface area contributed by atoms with Crippen LogP contribution in [0.2, 0.25) is 5.02 Å². The first kappa shape index (κ1) is 8.54. The molecule has 1 saturated heterocycles. The van der Waals surface area contributed by atoms with Gasteiger partial charge in [-0.15, -0.1) is 0 Å². The molecule has 12 heavy (non-hydrogen) atoms. The fraction of sp³-hybridized carbons (Fsp3) is 0.556. The van der Waals surface area contributed by atoms with Crippen molar-refractivity contribution in [2.45, 2.75) is 25.3 Å². The molecule has 1 aliphatic rings. The Morgan fingerprint density at radius 3 is 2.92 bits per heavy atom. The van der Waals surface area contributed by atoms with Crippen LogP contribution in [0.5, 0.6) is 0 Å². The van der Waals surface area contributed by atoms with Crippen LogP contribution in [0.15, 0.2) is 10.8 Å². The van der Waals surface area contributed by atoms with E-state index in [9.17, 15) is 0 Å². The highest BCUT2D eigenvalue weighted by Gasteiger charge is 2.17. The van der Waals surface area contributed by atoms with Gasteiger partial charge in [-0.3, -0.25) is 0 Å². The van der Waals surface area contributed by atoms with Gasteiger partial charge in [0.25, 0.3) is 0 Å². The molecule has 0 aromatic carbocycles. The molecule has 0 unspecified atom stereocenters. The lowest BCUT2D eigenvalue weighted by Gasteiger charge is -2.23. The largest absolute Gasteiger partial charge is 0.310 e. The van der Waals surface area contributed by atoms with Crippen LogP contribution in [0, 0.1) is 0 Å². The molecule has 1 atom stereocenters. The first-order chi connectivity index (χ1) is 5.88. The van der Waals surface area contributed by atoms with Gasteiger partial charge in [-0.25, -0.2) is 0 Å². The van der Waals surface area contributed by atoms with Crippen LogP contribution in [0.3, 0.4) is 0 Å². The van der Waals surface area contributed by atoms with E-state index in [2.05, 4.69) is 10.7 Å². The lowest BCUT2D eigenvalue weighted by molar-refractivity contribution is 0.413. The van der Waals surface area contributed by atoms with E-state index in [0.717, 1.165) is 11.6 Å².